The zero-order valence-electron chi connectivity index (χ0n) is 24.5. The third kappa shape index (κ3) is 6.47. The quantitative estimate of drug-likeness (QED) is 0.278. The summed E-state index contributed by atoms with van der Waals surface area (Å²) in [6, 6.07) is 15.2. The third-order valence-corrected chi connectivity index (χ3v) is 6.81. The molecule has 2 aromatic heterocycles. The van der Waals surface area contributed by atoms with Gasteiger partial charge >= 0.3 is 6.03 Å². The monoisotopic (exact) mass is 565 g/mol. The van der Waals surface area contributed by atoms with Crippen molar-refractivity contribution in [2.24, 2.45) is 7.05 Å². The number of aromatic nitrogens is 4. The molecule has 0 saturated heterocycles. The number of amides is 3. The van der Waals surface area contributed by atoms with Gasteiger partial charge in [-0.05, 0) is 51.2 Å². The molecule has 42 heavy (non-hydrogen) atoms. The highest BCUT2D eigenvalue weighted by atomic mass is 16.2. The summed E-state index contributed by atoms with van der Waals surface area (Å²) < 4.78 is 1.71. The molecule has 3 heterocycles. The Bertz CT molecular complexity index is 1630. The van der Waals surface area contributed by atoms with Crippen LogP contribution in [0.15, 0.2) is 73.1 Å². The number of urea groups is 1. The number of hydrogen-bond acceptors (Lipinski definition) is 7. The van der Waals surface area contributed by atoms with Crippen LogP contribution in [0.3, 0.4) is 0 Å². The number of nitrogens with one attached hydrogen (secondary N) is 2. The highest BCUT2D eigenvalue weighted by Crippen LogP contribution is 2.37. The van der Waals surface area contributed by atoms with Crippen LogP contribution < -0.4 is 15.5 Å². The van der Waals surface area contributed by atoms with Gasteiger partial charge in [0.05, 0.1) is 23.6 Å². The fourth-order valence-corrected chi connectivity index (χ4v) is 4.74. The van der Waals surface area contributed by atoms with Crippen molar-refractivity contribution in [2.75, 3.05) is 36.2 Å². The summed E-state index contributed by atoms with van der Waals surface area (Å²) in [5.74, 6) is 0.594. The van der Waals surface area contributed by atoms with Crippen LogP contribution in [0.1, 0.15) is 22.4 Å². The molecule has 0 atom stereocenters. The molecule has 0 spiro atoms. The Labute approximate surface area is 245 Å². The number of carbonyl (C=O) groups excluding carboxylic acids is 2. The molecule has 0 saturated carbocycles. The maximum Gasteiger partial charge on any atom is 0.330 e. The van der Waals surface area contributed by atoms with Gasteiger partial charge in [0.15, 0.2) is 5.82 Å². The first kappa shape index (κ1) is 28.5. The van der Waals surface area contributed by atoms with Gasteiger partial charge in [0.2, 0.25) is 11.9 Å². The number of carbonyl (C=O) groups is 2. The van der Waals surface area contributed by atoms with E-state index in [1.165, 1.54) is 6.08 Å². The van der Waals surface area contributed by atoms with Crippen molar-refractivity contribution in [1.29, 1.82) is 0 Å². The first-order valence-electron chi connectivity index (χ1n) is 13.7. The van der Waals surface area contributed by atoms with Gasteiger partial charge in [0.25, 0.3) is 0 Å². The highest BCUT2D eigenvalue weighted by molar-refractivity contribution is 6.03. The van der Waals surface area contributed by atoms with E-state index < -0.39 is 0 Å². The lowest BCUT2D eigenvalue weighted by molar-refractivity contribution is -0.111. The van der Waals surface area contributed by atoms with Gasteiger partial charge in [-0.25, -0.2) is 14.7 Å². The second-order valence-corrected chi connectivity index (χ2v) is 10.6. The smallest absolute Gasteiger partial charge is 0.322 e. The maximum absolute atomic E-state index is 14.2. The van der Waals surface area contributed by atoms with E-state index >= 15 is 0 Å². The molecule has 1 aliphatic rings. The summed E-state index contributed by atoms with van der Waals surface area (Å²) in [5.41, 5.74) is 5.45. The number of aryl methyl sites for hydroxylation is 3. The number of nitrogens with zero attached hydrogens (tertiary/aromatic N) is 7. The lowest BCUT2D eigenvalue weighted by Gasteiger charge is -2.37. The van der Waals surface area contributed by atoms with Gasteiger partial charge in [-0.15, -0.1) is 0 Å². The highest BCUT2D eigenvalue weighted by Gasteiger charge is 2.34. The van der Waals surface area contributed by atoms with E-state index in [1.54, 1.807) is 32.8 Å². The molecule has 11 heteroatoms. The molecule has 5 rings (SSSR count). The number of fused-ring (bicyclic) bond motifs is 1. The average molecular weight is 566 g/mol. The van der Waals surface area contributed by atoms with E-state index in [9.17, 15) is 9.59 Å². The van der Waals surface area contributed by atoms with Crippen molar-refractivity contribution >= 4 is 40.8 Å². The Kier molecular flexibility index (Phi) is 8.30. The van der Waals surface area contributed by atoms with Gasteiger partial charge in [-0.3, -0.25) is 9.48 Å². The molecule has 2 N–H and O–H groups in total. The third-order valence-electron chi connectivity index (χ3n) is 6.81. The maximum atomic E-state index is 14.2. The fraction of sp³-hybridized carbons (Fsp3) is 0.258. The standard InChI is InChI=1S/C31H35N9O2/c1-21-13-14-25(33-28(41)12-9-15-37(3)4)16-27(21)40-29-24(19-39(31(40)42)18-23-10-7-6-8-11-23)17-32-30(35-29)34-26-20-38(5)36-22(26)2/h6-14,16-17,20H,15,18-19H2,1-5H3,(H,33,41)(H,32,34,35)/b12-9+. The topological polar surface area (TPSA) is 112 Å². The first-order valence-corrected chi connectivity index (χ1v) is 13.7. The molecule has 3 amide bonds. The Balaban J connectivity index is 1.52. The van der Waals surface area contributed by atoms with Gasteiger partial charge in [0, 0.05) is 49.9 Å². The van der Waals surface area contributed by atoms with Gasteiger partial charge in [-0.2, -0.15) is 10.1 Å². The largest absolute Gasteiger partial charge is 0.330 e. The number of hydrogen-bond donors (Lipinski definition) is 2. The Morgan fingerprint density at radius 3 is 2.62 bits per heavy atom. The summed E-state index contributed by atoms with van der Waals surface area (Å²) >= 11 is 0. The molecular formula is C31H35N9O2. The van der Waals surface area contributed by atoms with E-state index in [-0.39, 0.29) is 11.9 Å². The van der Waals surface area contributed by atoms with Gasteiger partial charge in [0.1, 0.15) is 0 Å². The number of likely N-dealkylation sites (N-methyl/N-ethyl adjacent to an activating group) is 1. The Hall–Kier alpha value is -5.03. The van der Waals surface area contributed by atoms with Crippen molar-refractivity contribution in [2.45, 2.75) is 26.9 Å². The molecule has 216 valence electrons. The van der Waals surface area contributed by atoms with Crippen LogP contribution in [0.2, 0.25) is 0 Å². The van der Waals surface area contributed by atoms with Crippen LogP contribution in [0.5, 0.6) is 0 Å². The van der Waals surface area contributed by atoms with Crippen LogP contribution in [0, 0.1) is 13.8 Å². The molecule has 1 aliphatic heterocycles. The van der Waals surface area contributed by atoms with Crippen molar-refractivity contribution in [1.82, 2.24) is 29.5 Å². The number of rotatable bonds is 9. The predicted molar refractivity (Wildman–Crippen MR) is 164 cm³/mol. The Morgan fingerprint density at radius 1 is 1.12 bits per heavy atom. The summed E-state index contributed by atoms with van der Waals surface area (Å²) in [6.45, 7) is 5.27. The second kappa shape index (κ2) is 12.2. The number of anilines is 5. The number of benzene rings is 2. The van der Waals surface area contributed by atoms with E-state index in [1.807, 2.05) is 88.6 Å². The van der Waals surface area contributed by atoms with E-state index in [4.69, 9.17) is 4.98 Å². The molecule has 4 aromatic rings. The van der Waals surface area contributed by atoms with Crippen LogP contribution in [0.25, 0.3) is 0 Å². The zero-order chi connectivity index (χ0) is 29.8. The normalized spacial score (nSPS) is 13.1. The molecule has 11 nitrogen and oxygen atoms in total. The van der Waals surface area contributed by atoms with Crippen LogP contribution in [-0.2, 0) is 24.9 Å². The first-order chi connectivity index (χ1) is 20.2. The van der Waals surface area contributed by atoms with Crippen LogP contribution in [-0.4, -0.2) is 62.1 Å². The van der Waals surface area contributed by atoms with Crippen LogP contribution in [0.4, 0.5) is 33.6 Å². The SMILES string of the molecule is Cc1ccc(NC(=O)/C=C/CN(C)C)cc1N1C(=O)N(Cc2ccccc2)Cc2cnc(Nc3cn(C)nc3C)nc21. The predicted octanol–water partition coefficient (Wildman–Crippen LogP) is 4.90. The minimum Gasteiger partial charge on any atom is -0.322 e. The zero-order valence-corrected chi connectivity index (χ0v) is 24.5. The van der Waals surface area contributed by atoms with E-state index in [0.29, 0.717) is 42.8 Å². The minimum absolute atomic E-state index is 0.217. The van der Waals surface area contributed by atoms with Crippen molar-refractivity contribution < 1.29 is 9.59 Å². The average Bonchev–Trinajstić information content (AvgIpc) is 3.27. The summed E-state index contributed by atoms with van der Waals surface area (Å²) in [7, 11) is 5.72. The molecule has 0 radical (unpaired) electrons. The molecule has 0 fully saturated rings. The van der Waals surface area contributed by atoms with Crippen molar-refractivity contribution in [3.05, 3.63) is 95.5 Å². The lowest BCUT2D eigenvalue weighted by Crippen LogP contribution is -2.45. The molecule has 2 aromatic carbocycles. The fourth-order valence-electron chi connectivity index (χ4n) is 4.74. The molecule has 0 aliphatic carbocycles. The van der Waals surface area contributed by atoms with Crippen LogP contribution >= 0.6 is 0 Å². The van der Waals surface area contributed by atoms with E-state index in [0.717, 1.165) is 28.1 Å². The lowest BCUT2D eigenvalue weighted by atomic mass is 10.1. The van der Waals surface area contributed by atoms with Gasteiger partial charge < -0.3 is 20.4 Å². The van der Waals surface area contributed by atoms with Crippen molar-refractivity contribution in [3.63, 3.8) is 0 Å². The summed E-state index contributed by atoms with van der Waals surface area (Å²) in [5, 5.41) is 10.5. The second-order valence-electron chi connectivity index (χ2n) is 10.6. The molecule has 0 unspecified atom stereocenters. The summed E-state index contributed by atoms with van der Waals surface area (Å²) in [4.78, 5) is 41.5. The van der Waals surface area contributed by atoms with E-state index in [2.05, 4.69) is 20.7 Å². The molecule has 0 bridgehead atoms. The summed E-state index contributed by atoms with van der Waals surface area (Å²) in [6.07, 6.45) is 6.91. The van der Waals surface area contributed by atoms with Crippen molar-refractivity contribution in [3.8, 4) is 0 Å². The Morgan fingerprint density at radius 2 is 1.90 bits per heavy atom. The minimum atomic E-state index is -0.247. The van der Waals surface area contributed by atoms with Gasteiger partial charge in [-0.1, -0.05) is 42.5 Å². The molecular weight excluding hydrogens is 530 g/mol.